The molecule has 2 heterocycles. The fraction of sp³-hybridized carbons (Fsp3) is 0.649. The summed E-state index contributed by atoms with van der Waals surface area (Å²) in [7, 11) is 1.78. The molecule has 2 aromatic rings. The van der Waals surface area contributed by atoms with Crippen LogP contribution in [0.1, 0.15) is 92.2 Å². The van der Waals surface area contributed by atoms with E-state index in [1.54, 1.807) is 11.9 Å². The van der Waals surface area contributed by atoms with Gasteiger partial charge in [-0.25, -0.2) is 16.3 Å². The van der Waals surface area contributed by atoms with Gasteiger partial charge in [-0.1, -0.05) is 79.2 Å². The molecule has 2 fully saturated rings. The minimum atomic E-state index is -0.680. The number of carbonyl (C=O) groups is 2. The summed E-state index contributed by atoms with van der Waals surface area (Å²) < 4.78 is 12.3. The molecule has 2 N–H and O–H groups in total. The van der Waals surface area contributed by atoms with Crippen molar-refractivity contribution in [2.45, 2.75) is 111 Å². The van der Waals surface area contributed by atoms with Crippen LogP contribution in [0.15, 0.2) is 31.4 Å². The molecule has 0 bridgehead atoms. The van der Waals surface area contributed by atoms with Gasteiger partial charge >= 0.3 is 0 Å². The van der Waals surface area contributed by atoms with E-state index >= 15 is 0 Å². The molecule has 10 nitrogen and oxygen atoms in total. The second kappa shape index (κ2) is 21.2. The number of hydrogen-bond donors (Lipinski definition) is 2. The standard InChI is InChI=1S/C34H51N4O4.C2H4.CH2O2.V/c1-8-41-25-17-18-26-28(19-25)37-32(27(36-26)16-11-9-10-14-24-15-12-13-22(24)2)42-30-20-38(29(21-39)23(30)3)33(40)31(35-7)34(4,5)6;1-2;2-1-3;/h17-19,22-24,29-31,35H,8-16,20H2,1-7H3;1-2H2;1H,(H,2,3);/q-1;;;/t22?,23-,24+,29?,30-,31+;;;/m0.../s1. The molecule has 2 unspecified atom stereocenters. The number of ether oxygens (including phenoxy) is 2. The van der Waals surface area contributed by atoms with Gasteiger partial charge in [0.1, 0.15) is 17.5 Å². The predicted octanol–water partition coefficient (Wildman–Crippen LogP) is 6.41. The maximum atomic E-state index is 13.6. The zero-order chi connectivity index (χ0) is 35.1. The van der Waals surface area contributed by atoms with Gasteiger partial charge < -0.3 is 29.6 Å². The minimum Gasteiger partial charge on any atom is -0.540 e. The monoisotopic (exact) mass is 704 g/mol. The summed E-state index contributed by atoms with van der Waals surface area (Å²) >= 11 is 0. The molecule has 1 amide bonds. The van der Waals surface area contributed by atoms with Gasteiger partial charge in [0, 0.05) is 24.6 Å². The molecule has 1 aliphatic heterocycles. The first-order valence-electron chi connectivity index (χ1n) is 17.0. The molecular formula is C37H57N4O6V-. The topological polar surface area (TPSA) is 131 Å². The normalized spacial score (nSPS) is 22.3. The third-order valence-electron chi connectivity index (χ3n) is 9.38. The second-order valence-corrected chi connectivity index (χ2v) is 13.6. The maximum absolute atomic E-state index is 13.6. The first-order chi connectivity index (χ1) is 22.5. The molecule has 1 aromatic heterocycles. The summed E-state index contributed by atoms with van der Waals surface area (Å²) in [5, 5.41) is 10.0. The van der Waals surface area contributed by atoms with Crippen molar-refractivity contribution in [1.82, 2.24) is 20.2 Å². The summed E-state index contributed by atoms with van der Waals surface area (Å²) in [5.74, 6) is 2.61. The Morgan fingerprint density at radius 1 is 1.17 bits per heavy atom. The van der Waals surface area contributed by atoms with Crippen LogP contribution in [0.5, 0.6) is 11.6 Å². The van der Waals surface area contributed by atoms with Crippen molar-refractivity contribution in [1.29, 1.82) is 0 Å². The molecule has 1 saturated heterocycles. The third kappa shape index (κ3) is 11.6. The Bertz CT molecular complexity index is 1290. The number of aromatic nitrogens is 2. The third-order valence-corrected chi connectivity index (χ3v) is 9.38. The number of benzene rings is 1. The number of carbonyl (C=O) groups excluding carboxylic acids is 2. The van der Waals surface area contributed by atoms with Crippen molar-refractivity contribution in [3.63, 3.8) is 0 Å². The Morgan fingerprint density at radius 3 is 2.42 bits per heavy atom. The van der Waals surface area contributed by atoms with Crippen molar-refractivity contribution in [2.24, 2.45) is 23.2 Å². The second-order valence-electron chi connectivity index (χ2n) is 13.6. The summed E-state index contributed by atoms with van der Waals surface area (Å²) in [6.07, 6.45) is 11.3. The molecule has 0 spiro atoms. The molecule has 1 aliphatic carbocycles. The van der Waals surface area contributed by atoms with Crippen LogP contribution in [-0.4, -0.2) is 77.0 Å². The van der Waals surface area contributed by atoms with E-state index in [1.165, 1.54) is 32.1 Å². The number of amides is 1. The average Bonchev–Trinajstić information content (AvgIpc) is 3.59. The summed E-state index contributed by atoms with van der Waals surface area (Å²) in [6, 6.07) is 4.65. The van der Waals surface area contributed by atoms with Gasteiger partial charge in [-0.3, -0.25) is 9.59 Å². The number of likely N-dealkylation sites (N-methyl/N-ethyl adjacent to an activating group) is 1. The summed E-state index contributed by atoms with van der Waals surface area (Å²) in [5.41, 5.74) is 2.02. The minimum absolute atomic E-state index is 0. The molecular weight excluding hydrogens is 647 g/mol. The molecule has 1 radical (unpaired) electrons. The number of rotatable bonds is 13. The maximum Gasteiger partial charge on any atom is 0.290 e. The van der Waals surface area contributed by atoms with Gasteiger partial charge in [0.15, 0.2) is 0 Å². The van der Waals surface area contributed by atoms with Crippen LogP contribution in [0.3, 0.4) is 0 Å². The van der Waals surface area contributed by atoms with E-state index in [1.807, 2.05) is 52.8 Å². The Hall–Kier alpha value is -2.95. The van der Waals surface area contributed by atoms with Crippen LogP contribution < -0.4 is 14.8 Å². The molecule has 11 heteroatoms. The number of hydrogen-bond acceptors (Lipinski definition) is 8. The Morgan fingerprint density at radius 2 is 1.85 bits per heavy atom. The fourth-order valence-electron chi connectivity index (χ4n) is 6.83. The Kier molecular flexibility index (Phi) is 19.0. The molecule has 48 heavy (non-hydrogen) atoms. The van der Waals surface area contributed by atoms with Gasteiger partial charge in [-0.15, -0.1) is 13.2 Å². The van der Waals surface area contributed by atoms with Crippen LogP contribution in [0.2, 0.25) is 0 Å². The number of nitrogens with zero attached hydrogens (tertiary/aromatic N) is 3. The van der Waals surface area contributed by atoms with Crippen molar-refractivity contribution in [3.05, 3.63) is 37.1 Å². The predicted molar refractivity (Wildman–Crippen MR) is 186 cm³/mol. The smallest absolute Gasteiger partial charge is 0.290 e. The molecule has 2 aliphatic rings. The van der Waals surface area contributed by atoms with E-state index in [4.69, 9.17) is 29.3 Å². The number of nitrogens with one attached hydrogen (secondary N) is 1. The molecule has 267 valence electrons. The number of unbranched alkanes of at least 4 members (excludes halogenated alkanes) is 2. The van der Waals surface area contributed by atoms with Crippen molar-refractivity contribution in [2.75, 3.05) is 20.2 Å². The van der Waals surface area contributed by atoms with Crippen molar-refractivity contribution < 1.29 is 47.5 Å². The van der Waals surface area contributed by atoms with Crippen LogP contribution in [0, 0.1) is 23.2 Å². The largest absolute Gasteiger partial charge is 0.540 e. The zero-order valence-corrected chi connectivity index (χ0v) is 31.4. The first-order valence-corrected chi connectivity index (χ1v) is 17.0. The number of fused-ring (bicyclic) bond motifs is 1. The van der Waals surface area contributed by atoms with Gasteiger partial charge in [0.2, 0.25) is 11.8 Å². The average molecular weight is 705 g/mol. The molecule has 6 atom stereocenters. The molecule has 1 aromatic carbocycles. The van der Waals surface area contributed by atoms with Crippen molar-refractivity contribution >= 4 is 29.7 Å². The van der Waals surface area contributed by atoms with E-state index in [9.17, 15) is 9.59 Å². The van der Waals surface area contributed by atoms with E-state index in [0.29, 0.717) is 24.5 Å². The van der Waals surface area contributed by atoms with Gasteiger partial charge in [0.25, 0.3) is 6.47 Å². The van der Waals surface area contributed by atoms with Gasteiger partial charge in [-0.2, -0.15) is 0 Å². The zero-order valence-electron chi connectivity index (χ0n) is 30.0. The summed E-state index contributed by atoms with van der Waals surface area (Å²) in [4.78, 5) is 45.6. The van der Waals surface area contributed by atoms with Gasteiger partial charge in [0.05, 0.1) is 30.2 Å². The number of aryl methyl sites for hydroxylation is 1. The van der Waals surface area contributed by atoms with Crippen LogP contribution in [0.25, 0.3) is 11.0 Å². The quantitative estimate of drug-likeness (QED) is 0.105. The number of carboxylic acid groups (broad SMARTS) is 1. The van der Waals surface area contributed by atoms with E-state index in [2.05, 4.69) is 31.7 Å². The fourth-order valence-corrected chi connectivity index (χ4v) is 6.83. The number of likely N-dealkylation sites (tertiary alicyclic amines) is 1. The van der Waals surface area contributed by atoms with Crippen LogP contribution >= 0.6 is 0 Å². The molecule has 4 rings (SSSR count). The van der Waals surface area contributed by atoms with E-state index < -0.39 is 18.2 Å². The molecule has 1 saturated carbocycles. The SMILES string of the molecule is C=C.CCOc1ccc2nc(CCCCC[C@@H]3CCCC3C)c(O[C@H]3CN(C(=O)[C@@H](NC)C(C)(C)C)C([C-]=O)[C@@H]3C)nc2c1.O=CO.[V]. The van der Waals surface area contributed by atoms with Gasteiger partial charge in [-0.05, 0) is 62.1 Å². The van der Waals surface area contributed by atoms with Crippen LogP contribution in [0.4, 0.5) is 0 Å². The first kappa shape index (κ1) is 43.1. The summed E-state index contributed by atoms with van der Waals surface area (Å²) in [6.45, 7) is 19.0. The Labute approximate surface area is 299 Å². The van der Waals surface area contributed by atoms with Crippen LogP contribution in [-0.2, 0) is 39.4 Å². The Balaban J connectivity index is 0.00000182. The van der Waals surface area contributed by atoms with Crippen molar-refractivity contribution in [3.8, 4) is 11.6 Å². The van der Waals surface area contributed by atoms with E-state index in [0.717, 1.165) is 48.1 Å². The van der Waals surface area contributed by atoms with E-state index in [-0.39, 0.29) is 42.3 Å².